The van der Waals surface area contributed by atoms with Crippen LogP contribution in [0.4, 0.5) is 11.6 Å². The summed E-state index contributed by atoms with van der Waals surface area (Å²) in [5.74, 6) is -0.909. The van der Waals surface area contributed by atoms with Gasteiger partial charge in [-0.3, -0.25) is 19.7 Å². The zero-order valence-corrected chi connectivity index (χ0v) is 23.5. The summed E-state index contributed by atoms with van der Waals surface area (Å²) in [7, 11) is 0. The maximum atomic E-state index is 13.3. The number of guanidine groups is 1. The molecule has 0 unspecified atom stereocenters. The average Bonchev–Trinajstić information content (AvgIpc) is 2.85. The molecule has 39 heavy (non-hydrogen) atoms. The Balaban J connectivity index is 1.34. The number of aliphatic imine (C=N–C) groups is 1. The molecule has 4 aliphatic rings. The maximum Gasteiger partial charge on any atom is 0.309 e. The van der Waals surface area contributed by atoms with E-state index in [1.54, 1.807) is 0 Å². The Morgan fingerprint density at radius 3 is 2.36 bits per heavy atom. The van der Waals surface area contributed by atoms with Crippen molar-refractivity contribution in [1.82, 2.24) is 20.2 Å². The summed E-state index contributed by atoms with van der Waals surface area (Å²) in [6.45, 7) is 9.53. The Labute approximate surface area is 233 Å². The molecule has 0 aromatic carbocycles. The number of rotatable bonds is 5. The summed E-state index contributed by atoms with van der Waals surface area (Å²) in [6, 6.07) is -0.128. The van der Waals surface area contributed by atoms with Crippen LogP contribution in [0.2, 0.25) is 5.15 Å². The minimum Gasteiger partial charge on any atom is -0.460 e. The molecular formula is C25H39ClN9O4+. The molecule has 5 rings (SSSR count). The highest BCUT2D eigenvalue weighted by Gasteiger charge is 2.47. The molecule has 1 aromatic heterocycles. The number of nitrogens with zero attached hydrogens (tertiary/aromatic N) is 5. The van der Waals surface area contributed by atoms with Crippen LogP contribution in [0.5, 0.6) is 0 Å². The molecule has 4 saturated heterocycles. The van der Waals surface area contributed by atoms with Gasteiger partial charge < -0.3 is 31.3 Å². The fourth-order valence-electron chi connectivity index (χ4n) is 5.75. The van der Waals surface area contributed by atoms with Crippen molar-refractivity contribution in [1.29, 1.82) is 0 Å². The first-order chi connectivity index (χ1) is 18.2. The van der Waals surface area contributed by atoms with Crippen LogP contribution in [0.1, 0.15) is 56.9 Å². The minimum absolute atomic E-state index is 0.0541. The van der Waals surface area contributed by atoms with Crippen molar-refractivity contribution in [2.45, 2.75) is 58.1 Å². The SMILES string of the molecule is CC(C)(C)OC(=O)C1CCN(C(=O)C[N+]23CCC(CC2)[C@H](N=C(N)NC(=O)c2nc(Cl)c(N)nc2N)C3)CC1. The number of amides is 2. The third-order valence-corrected chi connectivity index (χ3v) is 8.07. The predicted molar refractivity (Wildman–Crippen MR) is 146 cm³/mol. The van der Waals surface area contributed by atoms with Gasteiger partial charge in [-0.25, -0.2) is 15.0 Å². The minimum atomic E-state index is -0.682. The first-order valence-electron chi connectivity index (χ1n) is 13.3. The van der Waals surface area contributed by atoms with Gasteiger partial charge in [0.2, 0.25) is 0 Å². The molecule has 4 aliphatic heterocycles. The number of nitrogens with two attached hydrogens (primary N) is 3. The number of nitrogen functional groups attached to an aromatic ring is 2. The Morgan fingerprint density at radius 2 is 1.74 bits per heavy atom. The Bertz CT molecular complexity index is 1150. The van der Waals surface area contributed by atoms with E-state index in [2.05, 4.69) is 20.3 Å². The van der Waals surface area contributed by atoms with Crippen molar-refractivity contribution in [2.24, 2.45) is 22.6 Å². The van der Waals surface area contributed by atoms with Crippen LogP contribution < -0.4 is 22.5 Å². The highest BCUT2D eigenvalue weighted by atomic mass is 35.5. The van der Waals surface area contributed by atoms with Gasteiger partial charge in [-0.2, -0.15) is 0 Å². The lowest BCUT2D eigenvalue weighted by Crippen LogP contribution is -2.66. The van der Waals surface area contributed by atoms with Gasteiger partial charge in [0.05, 0.1) is 19.0 Å². The second-order valence-corrected chi connectivity index (χ2v) is 12.2. The van der Waals surface area contributed by atoms with E-state index in [0.29, 0.717) is 49.4 Å². The predicted octanol–water partition coefficient (Wildman–Crippen LogP) is 0.528. The number of fused-ring (bicyclic) bond motifs is 3. The molecule has 0 radical (unpaired) electrons. The lowest BCUT2D eigenvalue weighted by molar-refractivity contribution is -0.936. The number of esters is 1. The van der Waals surface area contributed by atoms with E-state index < -0.39 is 11.5 Å². The third kappa shape index (κ3) is 6.88. The normalized spacial score (nSPS) is 25.8. The van der Waals surface area contributed by atoms with Crippen LogP contribution >= 0.6 is 11.6 Å². The number of likely N-dealkylation sites (tertiary alicyclic amines) is 1. The number of carbonyl (C=O) groups is 3. The molecule has 214 valence electrons. The number of nitrogens with one attached hydrogen (secondary N) is 1. The van der Waals surface area contributed by atoms with Crippen LogP contribution in [0.3, 0.4) is 0 Å². The van der Waals surface area contributed by atoms with Gasteiger partial charge in [0.15, 0.2) is 35.0 Å². The highest BCUT2D eigenvalue weighted by Crippen LogP contribution is 2.36. The fourth-order valence-corrected chi connectivity index (χ4v) is 5.88. The molecule has 4 fully saturated rings. The number of anilines is 2. The highest BCUT2D eigenvalue weighted by molar-refractivity contribution is 6.31. The summed E-state index contributed by atoms with van der Waals surface area (Å²) in [4.78, 5) is 52.5. The molecule has 5 heterocycles. The van der Waals surface area contributed by atoms with E-state index in [1.807, 2.05) is 25.7 Å². The molecule has 0 aliphatic carbocycles. The lowest BCUT2D eigenvalue weighted by Gasteiger charge is -2.51. The van der Waals surface area contributed by atoms with Crippen molar-refractivity contribution < 1.29 is 23.6 Å². The Kier molecular flexibility index (Phi) is 8.22. The molecule has 14 heteroatoms. The monoisotopic (exact) mass is 564 g/mol. The van der Waals surface area contributed by atoms with Gasteiger partial charge in [0, 0.05) is 25.9 Å². The van der Waals surface area contributed by atoms with E-state index in [1.165, 1.54) is 0 Å². The van der Waals surface area contributed by atoms with Crippen molar-refractivity contribution >= 4 is 47.0 Å². The van der Waals surface area contributed by atoms with Crippen molar-refractivity contribution in [3.8, 4) is 0 Å². The van der Waals surface area contributed by atoms with E-state index in [-0.39, 0.29) is 52.3 Å². The number of quaternary nitrogens is 1. The number of hydrogen-bond donors (Lipinski definition) is 4. The van der Waals surface area contributed by atoms with E-state index in [0.717, 1.165) is 25.9 Å². The van der Waals surface area contributed by atoms with Crippen LogP contribution in [0.15, 0.2) is 4.99 Å². The van der Waals surface area contributed by atoms with Crippen LogP contribution in [-0.2, 0) is 14.3 Å². The number of piperidine rings is 4. The Morgan fingerprint density at radius 1 is 1.10 bits per heavy atom. The van der Waals surface area contributed by atoms with Gasteiger partial charge in [-0.15, -0.1) is 0 Å². The molecule has 1 aromatic rings. The number of halogens is 1. The van der Waals surface area contributed by atoms with Crippen LogP contribution in [0.25, 0.3) is 0 Å². The van der Waals surface area contributed by atoms with Gasteiger partial charge in [0.25, 0.3) is 11.8 Å². The molecule has 7 N–H and O–H groups in total. The Hall–Kier alpha value is -3.19. The summed E-state index contributed by atoms with van der Waals surface area (Å²) in [5.41, 5.74) is 16.7. The van der Waals surface area contributed by atoms with Crippen molar-refractivity contribution in [2.75, 3.05) is 50.7 Å². The molecule has 2 bridgehead atoms. The largest absolute Gasteiger partial charge is 0.460 e. The second kappa shape index (κ2) is 11.1. The molecule has 1 atom stereocenters. The maximum absolute atomic E-state index is 13.3. The molecular weight excluding hydrogens is 526 g/mol. The van der Waals surface area contributed by atoms with Crippen molar-refractivity contribution in [3.05, 3.63) is 10.8 Å². The van der Waals surface area contributed by atoms with Gasteiger partial charge in [-0.05, 0) is 39.5 Å². The average molecular weight is 565 g/mol. The van der Waals surface area contributed by atoms with E-state index >= 15 is 0 Å². The van der Waals surface area contributed by atoms with Crippen molar-refractivity contribution in [3.63, 3.8) is 0 Å². The quantitative estimate of drug-likeness (QED) is 0.171. The van der Waals surface area contributed by atoms with Gasteiger partial charge in [-0.1, -0.05) is 11.6 Å². The third-order valence-electron chi connectivity index (χ3n) is 7.79. The summed E-state index contributed by atoms with van der Waals surface area (Å²) >= 11 is 5.87. The summed E-state index contributed by atoms with van der Waals surface area (Å²) in [6.07, 6.45) is 3.07. The smallest absolute Gasteiger partial charge is 0.309 e. The molecule has 0 saturated carbocycles. The number of hydrogen-bond acceptors (Lipinski definition) is 9. The molecule has 0 spiro atoms. The summed E-state index contributed by atoms with van der Waals surface area (Å²) < 4.78 is 6.16. The molecule has 13 nitrogen and oxygen atoms in total. The standard InChI is InChI=1S/C25H38ClN9O4/c1-25(2,3)39-23(38)15-4-8-34(9-5-15)17(36)13-35-10-6-14(7-11-35)16(12-35)30-24(29)33-22(37)18-20(27)32-21(28)19(26)31-18/h14-16H,4-13H2,1-3H3,(H6-,27,28,29,30,32,33,37)/p+1/t14?,16-,35?/m1/s1. The zero-order valence-electron chi connectivity index (χ0n) is 22.8. The fraction of sp³-hybridized carbons (Fsp3) is 0.680. The number of ether oxygens (including phenoxy) is 1. The van der Waals surface area contributed by atoms with E-state index in [9.17, 15) is 14.4 Å². The van der Waals surface area contributed by atoms with Crippen LogP contribution in [-0.4, -0.2) is 94.0 Å². The zero-order chi connectivity index (χ0) is 28.5. The first kappa shape index (κ1) is 28.8. The topological polar surface area (TPSA) is 192 Å². The number of aromatic nitrogens is 2. The van der Waals surface area contributed by atoms with Gasteiger partial charge >= 0.3 is 5.97 Å². The lowest BCUT2D eigenvalue weighted by atomic mass is 9.82. The first-order valence-corrected chi connectivity index (χ1v) is 13.7. The number of carbonyl (C=O) groups excluding carboxylic acids is 3. The summed E-state index contributed by atoms with van der Waals surface area (Å²) in [5, 5.41) is 2.38. The molecule has 2 amide bonds. The van der Waals surface area contributed by atoms with Crippen LogP contribution in [0, 0.1) is 11.8 Å². The second-order valence-electron chi connectivity index (χ2n) is 11.8. The van der Waals surface area contributed by atoms with E-state index in [4.69, 9.17) is 33.5 Å². The van der Waals surface area contributed by atoms with Gasteiger partial charge in [0.1, 0.15) is 18.2 Å².